The predicted octanol–water partition coefficient (Wildman–Crippen LogP) is 3.58. The van der Waals surface area contributed by atoms with Crippen molar-refractivity contribution in [3.05, 3.63) is 30.1 Å². The Morgan fingerprint density at radius 3 is 2.68 bits per heavy atom. The number of likely N-dealkylation sites (tertiary alicyclic amines) is 1. The van der Waals surface area contributed by atoms with E-state index in [1.807, 2.05) is 12.1 Å². The standard InChI is InChI=1S/C18H29FN4S.HI/c1-3-11-23-12-8-15(9-13-23)22-18(20-2)21-10-14-24-17-7-5-4-6-16(17)19;/h4-7,15H,3,8-14H2,1-2H3,(H2,20,21,22);1H. The number of guanidine groups is 1. The van der Waals surface area contributed by atoms with Crippen LogP contribution >= 0.6 is 35.7 Å². The minimum absolute atomic E-state index is 0. The van der Waals surface area contributed by atoms with E-state index in [0.717, 1.165) is 44.2 Å². The van der Waals surface area contributed by atoms with Gasteiger partial charge >= 0.3 is 0 Å². The molecule has 142 valence electrons. The fraction of sp³-hybridized carbons (Fsp3) is 0.611. The van der Waals surface area contributed by atoms with Crippen molar-refractivity contribution in [1.29, 1.82) is 0 Å². The van der Waals surface area contributed by atoms with Gasteiger partial charge in [0, 0.05) is 43.4 Å². The number of nitrogens with one attached hydrogen (secondary N) is 2. The molecule has 2 N–H and O–H groups in total. The van der Waals surface area contributed by atoms with E-state index >= 15 is 0 Å². The molecule has 1 aliphatic rings. The van der Waals surface area contributed by atoms with Gasteiger partial charge < -0.3 is 15.5 Å². The van der Waals surface area contributed by atoms with Crippen molar-refractivity contribution in [2.75, 3.05) is 39.0 Å². The summed E-state index contributed by atoms with van der Waals surface area (Å²) in [5.41, 5.74) is 0. The van der Waals surface area contributed by atoms with Gasteiger partial charge in [0.25, 0.3) is 0 Å². The maximum Gasteiger partial charge on any atom is 0.191 e. The second-order valence-corrected chi connectivity index (χ2v) is 7.17. The topological polar surface area (TPSA) is 39.7 Å². The van der Waals surface area contributed by atoms with Crippen LogP contribution in [0.25, 0.3) is 0 Å². The SMILES string of the molecule is CCCN1CCC(NC(=NC)NCCSc2ccccc2F)CC1.I. The van der Waals surface area contributed by atoms with Gasteiger partial charge in [-0.2, -0.15) is 0 Å². The number of halogens is 2. The van der Waals surface area contributed by atoms with Crippen molar-refractivity contribution in [1.82, 2.24) is 15.5 Å². The van der Waals surface area contributed by atoms with Crippen molar-refractivity contribution in [3.8, 4) is 0 Å². The summed E-state index contributed by atoms with van der Waals surface area (Å²) in [6, 6.07) is 7.39. The Bertz CT molecular complexity index is 522. The zero-order valence-corrected chi connectivity index (χ0v) is 18.3. The van der Waals surface area contributed by atoms with Gasteiger partial charge in [-0.1, -0.05) is 19.1 Å². The van der Waals surface area contributed by atoms with Crippen LogP contribution in [-0.2, 0) is 0 Å². The summed E-state index contributed by atoms with van der Waals surface area (Å²) in [4.78, 5) is 7.52. The molecule has 7 heteroatoms. The molecule has 0 unspecified atom stereocenters. The van der Waals surface area contributed by atoms with Gasteiger partial charge in [0.15, 0.2) is 5.96 Å². The lowest BCUT2D eigenvalue weighted by atomic mass is 10.1. The van der Waals surface area contributed by atoms with E-state index in [9.17, 15) is 4.39 Å². The van der Waals surface area contributed by atoms with E-state index in [4.69, 9.17) is 0 Å². The number of hydrogen-bond donors (Lipinski definition) is 2. The van der Waals surface area contributed by atoms with Crippen molar-refractivity contribution in [2.45, 2.75) is 37.1 Å². The lowest BCUT2D eigenvalue weighted by Crippen LogP contribution is -2.49. The van der Waals surface area contributed by atoms with Gasteiger partial charge in [0.05, 0.1) is 0 Å². The van der Waals surface area contributed by atoms with Crippen LogP contribution in [0.3, 0.4) is 0 Å². The molecule has 0 amide bonds. The molecule has 0 saturated carbocycles. The van der Waals surface area contributed by atoms with Crippen LogP contribution in [0.1, 0.15) is 26.2 Å². The molecule has 1 fully saturated rings. The second kappa shape index (κ2) is 12.8. The lowest BCUT2D eigenvalue weighted by Gasteiger charge is -2.32. The zero-order valence-electron chi connectivity index (χ0n) is 15.1. The highest BCUT2D eigenvalue weighted by Gasteiger charge is 2.19. The largest absolute Gasteiger partial charge is 0.356 e. The first-order chi connectivity index (χ1) is 11.7. The molecule has 0 bridgehead atoms. The van der Waals surface area contributed by atoms with Gasteiger partial charge in [-0.3, -0.25) is 4.99 Å². The molecule has 2 rings (SSSR count). The van der Waals surface area contributed by atoms with Crippen molar-refractivity contribution in [3.63, 3.8) is 0 Å². The number of hydrogen-bond acceptors (Lipinski definition) is 3. The quantitative estimate of drug-likeness (QED) is 0.206. The normalized spacial score (nSPS) is 16.4. The fourth-order valence-electron chi connectivity index (χ4n) is 2.90. The van der Waals surface area contributed by atoms with Gasteiger partial charge in [-0.25, -0.2) is 4.39 Å². The average Bonchev–Trinajstić information content (AvgIpc) is 2.61. The summed E-state index contributed by atoms with van der Waals surface area (Å²) in [6.45, 7) is 6.51. The molecule has 1 aromatic carbocycles. The van der Waals surface area contributed by atoms with Crippen molar-refractivity contribution >= 4 is 41.7 Å². The molecular formula is C18H30FIN4S. The number of nitrogens with zero attached hydrogens (tertiary/aromatic N) is 2. The summed E-state index contributed by atoms with van der Waals surface area (Å²) in [5, 5.41) is 6.83. The van der Waals surface area contributed by atoms with E-state index in [-0.39, 0.29) is 29.8 Å². The van der Waals surface area contributed by atoms with Crippen LogP contribution in [0.15, 0.2) is 34.2 Å². The molecule has 0 atom stereocenters. The number of aliphatic imine (C=N–C) groups is 1. The third kappa shape index (κ3) is 8.13. The number of rotatable bonds is 7. The van der Waals surface area contributed by atoms with Crippen molar-refractivity contribution in [2.24, 2.45) is 4.99 Å². The first-order valence-electron chi connectivity index (χ1n) is 8.79. The highest BCUT2D eigenvalue weighted by Crippen LogP contribution is 2.20. The maximum absolute atomic E-state index is 13.6. The highest BCUT2D eigenvalue weighted by atomic mass is 127. The molecule has 0 aromatic heterocycles. The Morgan fingerprint density at radius 1 is 1.32 bits per heavy atom. The Morgan fingerprint density at radius 2 is 2.04 bits per heavy atom. The molecule has 1 saturated heterocycles. The van der Waals surface area contributed by atoms with E-state index in [2.05, 4.69) is 27.4 Å². The number of thioether (sulfide) groups is 1. The molecule has 0 radical (unpaired) electrons. The second-order valence-electron chi connectivity index (χ2n) is 6.04. The molecule has 1 aromatic rings. The smallest absolute Gasteiger partial charge is 0.191 e. The van der Waals surface area contributed by atoms with Gasteiger partial charge in [0.2, 0.25) is 0 Å². The molecule has 25 heavy (non-hydrogen) atoms. The first kappa shape index (κ1) is 22.5. The zero-order chi connectivity index (χ0) is 17.2. The average molecular weight is 480 g/mol. The predicted molar refractivity (Wildman–Crippen MR) is 117 cm³/mol. The third-order valence-corrected chi connectivity index (χ3v) is 5.23. The maximum atomic E-state index is 13.6. The summed E-state index contributed by atoms with van der Waals surface area (Å²) in [6.07, 6.45) is 3.54. The first-order valence-corrected chi connectivity index (χ1v) is 9.78. The van der Waals surface area contributed by atoms with Gasteiger partial charge in [-0.05, 0) is 37.9 Å². The third-order valence-electron chi connectivity index (χ3n) is 4.18. The van der Waals surface area contributed by atoms with Crippen LogP contribution < -0.4 is 10.6 Å². The molecule has 4 nitrogen and oxygen atoms in total. The van der Waals surface area contributed by atoms with Crippen LogP contribution in [0.5, 0.6) is 0 Å². The minimum Gasteiger partial charge on any atom is -0.356 e. The van der Waals surface area contributed by atoms with Crippen LogP contribution in [0.4, 0.5) is 4.39 Å². The summed E-state index contributed by atoms with van der Waals surface area (Å²) in [7, 11) is 1.80. The molecule has 1 heterocycles. The van der Waals surface area contributed by atoms with Gasteiger partial charge in [0.1, 0.15) is 5.82 Å². The van der Waals surface area contributed by atoms with Crippen LogP contribution in [-0.4, -0.2) is 55.9 Å². The Labute approximate surface area is 172 Å². The molecular weight excluding hydrogens is 450 g/mol. The Balaban J connectivity index is 0.00000312. The van der Waals surface area contributed by atoms with E-state index in [1.54, 1.807) is 13.1 Å². The van der Waals surface area contributed by atoms with Crippen LogP contribution in [0, 0.1) is 5.82 Å². The summed E-state index contributed by atoms with van der Waals surface area (Å²) < 4.78 is 13.6. The minimum atomic E-state index is -0.149. The molecule has 1 aliphatic heterocycles. The summed E-state index contributed by atoms with van der Waals surface area (Å²) >= 11 is 1.52. The van der Waals surface area contributed by atoms with E-state index < -0.39 is 0 Å². The van der Waals surface area contributed by atoms with E-state index in [1.165, 1.54) is 30.8 Å². The number of benzene rings is 1. The van der Waals surface area contributed by atoms with Crippen LogP contribution in [0.2, 0.25) is 0 Å². The molecule has 0 aliphatic carbocycles. The molecule has 0 spiro atoms. The van der Waals surface area contributed by atoms with Gasteiger partial charge in [-0.15, -0.1) is 35.7 Å². The monoisotopic (exact) mass is 480 g/mol. The Hall–Kier alpha value is -0.540. The van der Waals surface area contributed by atoms with Crippen molar-refractivity contribution < 1.29 is 4.39 Å². The summed E-state index contributed by atoms with van der Waals surface area (Å²) in [5.74, 6) is 1.50. The fourth-order valence-corrected chi connectivity index (χ4v) is 3.70. The highest BCUT2D eigenvalue weighted by molar-refractivity contribution is 14.0. The van der Waals surface area contributed by atoms with E-state index in [0.29, 0.717) is 10.9 Å². The number of piperidine rings is 1. The Kier molecular flexibility index (Phi) is 11.5. The lowest BCUT2D eigenvalue weighted by molar-refractivity contribution is 0.206.